The number of rotatable bonds is 27. The average molecular weight is 624 g/mol. The number of carboxylic acids is 2. The molecule has 5 N–H and O–H groups in total. The molecular weight excluding hydrogens is 562 g/mol. The van der Waals surface area contributed by atoms with Gasteiger partial charge >= 0.3 is 11.9 Å². The Labute approximate surface area is 265 Å². The molecule has 1 fully saturated rings. The summed E-state index contributed by atoms with van der Waals surface area (Å²) in [5.41, 5.74) is 0. The van der Waals surface area contributed by atoms with Crippen molar-refractivity contribution in [3.63, 3.8) is 0 Å². The molecule has 3 amide bonds. The second-order valence-corrected chi connectivity index (χ2v) is 12.7. The molecule has 1 aliphatic rings. The summed E-state index contributed by atoms with van der Waals surface area (Å²) < 4.78 is 0. The normalized spacial score (nSPS) is 17.0. The van der Waals surface area contributed by atoms with Gasteiger partial charge < -0.3 is 26.2 Å². The Bertz CT molecular complexity index is 828. The smallest absolute Gasteiger partial charge is 0.326 e. The molecule has 0 heterocycles. The minimum absolute atomic E-state index is 0.0458. The van der Waals surface area contributed by atoms with Crippen molar-refractivity contribution in [1.82, 2.24) is 16.0 Å². The van der Waals surface area contributed by atoms with E-state index in [4.69, 9.17) is 5.11 Å². The lowest BCUT2D eigenvalue weighted by molar-refractivity contribution is -0.143. The molecule has 1 saturated carbocycles. The van der Waals surface area contributed by atoms with Crippen molar-refractivity contribution in [3.8, 4) is 0 Å². The molecule has 0 aliphatic heterocycles. The van der Waals surface area contributed by atoms with Crippen molar-refractivity contribution in [1.29, 1.82) is 0 Å². The zero-order valence-electron chi connectivity index (χ0n) is 27.3. The molecule has 0 aromatic rings. The molecule has 254 valence electrons. The van der Waals surface area contributed by atoms with Crippen LogP contribution in [0.1, 0.15) is 154 Å². The maximum Gasteiger partial charge on any atom is 0.326 e. The number of unbranched alkanes of at least 4 members (excludes halogenated alkanes) is 15. The third-order valence-electron chi connectivity index (χ3n) is 8.90. The van der Waals surface area contributed by atoms with E-state index in [0.29, 0.717) is 38.1 Å². The summed E-state index contributed by atoms with van der Waals surface area (Å²) in [6.45, 7) is 0.631. The van der Waals surface area contributed by atoms with Crippen LogP contribution >= 0.6 is 0 Å². The van der Waals surface area contributed by atoms with Crippen molar-refractivity contribution in [2.45, 2.75) is 160 Å². The number of hydrogen-bond donors (Lipinski definition) is 5. The monoisotopic (exact) mass is 623 g/mol. The Balaban J connectivity index is 1.94. The third kappa shape index (κ3) is 21.1. The van der Waals surface area contributed by atoms with E-state index in [1.807, 2.05) is 0 Å². The van der Waals surface area contributed by atoms with Crippen LogP contribution in [0.15, 0.2) is 0 Å². The Morgan fingerprint density at radius 2 is 1.07 bits per heavy atom. The van der Waals surface area contributed by atoms with Gasteiger partial charge in [-0.3, -0.25) is 19.2 Å². The lowest BCUT2D eigenvalue weighted by atomic mass is 9.81. The molecule has 0 radical (unpaired) electrons. The minimum Gasteiger partial charge on any atom is -0.481 e. The first-order chi connectivity index (χ1) is 21.2. The van der Waals surface area contributed by atoms with Gasteiger partial charge in [-0.05, 0) is 50.9 Å². The van der Waals surface area contributed by atoms with Gasteiger partial charge in [0.25, 0.3) is 0 Å². The highest BCUT2D eigenvalue weighted by Gasteiger charge is 2.29. The Morgan fingerprint density at radius 3 is 1.50 bits per heavy atom. The fourth-order valence-electron chi connectivity index (χ4n) is 5.96. The molecule has 0 unspecified atom stereocenters. The molecule has 44 heavy (non-hydrogen) atoms. The van der Waals surface area contributed by atoms with Gasteiger partial charge in [0.05, 0.1) is 0 Å². The lowest BCUT2D eigenvalue weighted by Gasteiger charge is -2.28. The van der Waals surface area contributed by atoms with Gasteiger partial charge in [0.2, 0.25) is 17.7 Å². The predicted octanol–water partition coefficient (Wildman–Crippen LogP) is 6.11. The fraction of sp³-hybridized carbons (Fsp3) is 0.853. The van der Waals surface area contributed by atoms with E-state index < -0.39 is 18.0 Å². The fourth-order valence-corrected chi connectivity index (χ4v) is 5.96. The molecule has 10 nitrogen and oxygen atoms in total. The van der Waals surface area contributed by atoms with Crippen LogP contribution in [0.25, 0.3) is 0 Å². The van der Waals surface area contributed by atoms with Crippen LogP contribution in [0.5, 0.6) is 0 Å². The van der Waals surface area contributed by atoms with Crippen LogP contribution in [0, 0.1) is 11.8 Å². The molecule has 1 aliphatic carbocycles. The van der Waals surface area contributed by atoms with E-state index in [-0.39, 0.29) is 36.5 Å². The molecular formula is C34H61N3O7. The summed E-state index contributed by atoms with van der Waals surface area (Å²) in [4.78, 5) is 58.2. The summed E-state index contributed by atoms with van der Waals surface area (Å²) >= 11 is 0. The number of carbonyl (C=O) groups is 5. The largest absolute Gasteiger partial charge is 0.481 e. The van der Waals surface area contributed by atoms with Crippen LogP contribution in [0.4, 0.5) is 0 Å². The topological polar surface area (TPSA) is 162 Å². The molecule has 1 rings (SSSR count). The molecule has 0 aromatic carbocycles. The molecule has 10 heteroatoms. The van der Waals surface area contributed by atoms with E-state index in [2.05, 4.69) is 16.0 Å². The van der Waals surface area contributed by atoms with Gasteiger partial charge in [0, 0.05) is 38.8 Å². The number of carboxylic acid groups (broad SMARTS) is 2. The van der Waals surface area contributed by atoms with Crippen LogP contribution in [-0.4, -0.2) is 59.5 Å². The van der Waals surface area contributed by atoms with E-state index in [1.165, 1.54) is 77.7 Å². The number of carbonyl (C=O) groups excluding carboxylic acids is 3. The van der Waals surface area contributed by atoms with Crippen molar-refractivity contribution < 1.29 is 34.2 Å². The molecule has 0 saturated heterocycles. The van der Waals surface area contributed by atoms with E-state index in [9.17, 15) is 29.1 Å². The molecule has 0 aromatic heterocycles. The zero-order chi connectivity index (χ0) is 32.4. The first kappa shape index (κ1) is 39.4. The first-order valence-electron chi connectivity index (χ1n) is 17.4. The number of amides is 3. The van der Waals surface area contributed by atoms with Crippen molar-refractivity contribution >= 4 is 29.7 Å². The van der Waals surface area contributed by atoms with Crippen molar-refractivity contribution in [3.05, 3.63) is 0 Å². The maximum atomic E-state index is 12.6. The number of hydrogen-bond acceptors (Lipinski definition) is 5. The summed E-state index contributed by atoms with van der Waals surface area (Å²) in [5.74, 6) is -2.12. The lowest BCUT2D eigenvalue weighted by Crippen LogP contribution is -2.45. The highest BCUT2D eigenvalue weighted by atomic mass is 16.4. The highest BCUT2D eigenvalue weighted by Crippen LogP contribution is 2.29. The van der Waals surface area contributed by atoms with Gasteiger partial charge in [-0.2, -0.15) is 0 Å². The number of nitrogens with one attached hydrogen (secondary N) is 3. The van der Waals surface area contributed by atoms with Crippen LogP contribution in [-0.2, 0) is 24.0 Å². The summed E-state index contributed by atoms with van der Waals surface area (Å²) in [7, 11) is 1.49. The summed E-state index contributed by atoms with van der Waals surface area (Å²) in [5, 5.41) is 26.1. The van der Waals surface area contributed by atoms with Gasteiger partial charge in [0.1, 0.15) is 6.04 Å². The van der Waals surface area contributed by atoms with Gasteiger partial charge in [-0.15, -0.1) is 0 Å². The Kier molecular flexibility index (Phi) is 23.0. The van der Waals surface area contributed by atoms with E-state index in [1.54, 1.807) is 0 Å². The van der Waals surface area contributed by atoms with Gasteiger partial charge in [-0.1, -0.05) is 89.9 Å². The van der Waals surface area contributed by atoms with E-state index in [0.717, 1.165) is 44.9 Å². The van der Waals surface area contributed by atoms with Crippen LogP contribution in [0.3, 0.4) is 0 Å². The first-order valence-corrected chi connectivity index (χ1v) is 17.4. The molecule has 1 atom stereocenters. The highest BCUT2D eigenvalue weighted by molar-refractivity contribution is 5.85. The SMILES string of the molecule is CNC(=O)CC[C@H](NC(=O)[C@H]1CC[C@H](CNC(=O)CCCCCCCCCCCCCCCCCCC(=O)O)CC1)C(=O)O. The van der Waals surface area contributed by atoms with Gasteiger partial charge in [-0.25, -0.2) is 4.79 Å². The Morgan fingerprint density at radius 1 is 0.614 bits per heavy atom. The molecule has 0 spiro atoms. The number of aliphatic carboxylic acids is 2. The summed E-state index contributed by atoms with van der Waals surface area (Å²) in [6.07, 6.45) is 23.0. The zero-order valence-corrected chi connectivity index (χ0v) is 27.3. The maximum absolute atomic E-state index is 12.6. The average Bonchev–Trinajstić information content (AvgIpc) is 3.01. The predicted molar refractivity (Wildman–Crippen MR) is 172 cm³/mol. The minimum atomic E-state index is -1.13. The molecule has 0 bridgehead atoms. The quantitative estimate of drug-likeness (QED) is 0.0690. The van der Waals surface area contributed by atoms with Crippen LogP contribution < -0.4 is 16.0 Å². The van der Waals surface area contributed by atoms with Crippen molar-refractivity contribution in [2.24, 2.45) is 11.8 Å². The summed E-state index contributed by atoms with van der Waals surface area (Å²) in [6, 6.07) is -1.07. The third-order valence-corrected chi connectivity index (χ3v) is 8.90. The van der Waals surface area contributed by atoms with Crippen LogP contribution in [0.2, 0.25) is 0 Å². The van der Waals surface area contributed by atoms with Crippen molar-refractivity contribution in [2.75, 3.05) is 13.6 Å². The van der Waals surface area contributed by atoms with E-state index >= 15 is 0 Å². The second kappa shape index (κ2) is 25.7. The standard InChI is InChI=1S/C34H61N3O7/c1-35-30(38)25-24-29(34(43)44)37-33(42)28-22-20-27(21-23-28)26-36-31(39)18-16-14-12-10-8-6-4-2-3-5-7-9-11-13-15-17-19-32(40)41/h27-29H,2-26H2,1H3,(H,35,38)(H,36,39)(H,37,42)(H,40,41)(H,43,44)/t27-,28-,29-/m0/s1. The second-order valence-electron chi connectivity index (χ2n) is 12.7. The van der Waals surface area contributed by atoms with Gasteiger partial charge in [0.15, 0.2) is 0 Å². The Hall–Kier alpha value is -2.65.